The van der Waals surface area contributed by atoms with Gasteiger partial charge in [-0.3, -0.25) is 4.79 Å². The Kier molecular flexibility index (Phi) is 4.09. The van der Waals surface area contributed by atoms with Gasteiger partial charge in [0, 0.05) is 29.5 Å². The lowest BCUT2D eigenvalue weighted by Gasteiger charge is -2.27. The van der Waals surface area contributed by atoms with Gasteiger partial charge in [0.15, 0.2) is 0 Å². The number of aryl methyl sites for hydroxylation is 1. The van der Waals surface area contributed by atoms with Crippen LogP contribution in [-0.2, 0) is 4.79 Å². The zero-order chi connectivity index (χ0) is 14.0. The van der Waals surface area contributed by atoms with Crippen molar-refractivity contribution in [3.8, 4) is 0 Å². The third-order valence-corrected chi connectivity index (χ3v) is 3.93. The van der Waals surface area contributed by atoms with E-state index in [1.54, 1.807) is 12.1 Å². The number of halogens is 3. The fourth-order valence-corrected chi connectivity index (χ4v) is 2.40. The fraction of sp³-hybridized carbons (Fsp3) is 0.500. The molecule has 0 atom stereocenters. The summed E-state index contributed by atoms with van der Waals surface area (Å²) >= 11 is 5.97. The molecule has 1 aliphatic carbocycles. The van der Waals surface area contributed by atoms with E-state index in [0.717, 1.165) is 5.56 Å². The number of amides is 1. The molecule has 0 unspecified atom stereocenters. The van der Waals surface area contributed by atoms with Crippen molar-refractivity contribution in [2.75, 3.05) is 5.32 Å². The van der Waals surface area contributed by atoms with Crippen molar-refractivity contribution in [2.45, 2.75) is 38.5 Å². The van der Waals surface area contributed by atoms with Gasteiger partial charge in [-0.15, -0.1) is 0 Å². The first-order chi connectivity index (χ1) is 8.87. The van der Waals surface area contributed by atoms with Crippen LogP contribution in [0.4, 0.5) is 14.5 Å². The standard InChI is InChI=1S/C14H16ClF2NO/c1-9-2-3-11(8-12(9)15)18-13(19)10-4-6-14(16,17)7-5-10/h2-3,8,10H,4-7H2,1H3,(H,18,19). The van der Waals surface area contributed by atoms with Crippen LogP contribution in [0.25, 0.3) is 0 Å². The first-order valence-corrected chi connectivity index (χ1v) is 6.70. The zero-order valence-electron chi connectivity index (χ0n) is 10.7. The van der Waals surface area contributed by atoms with Crippen molar-refractivity contribution in [2.24, 2.45) is 5.92 Å². The Labute approximate surface area is 116 Å². The molecule has 1 aromatic rings. The molecule has 2 rings (SSSR count). The van der Waals surface area contributed by atoms with E-state index in [2.05, 4.69) is 5.32 Å². The van der Waals surface area contributed by atoms with E-state index < -0.39 is 5.92 Å². The van der Waals surface area contributed by atoms with Crippen LogP contribution in [0.2, 0.25) is 5.02 Å². The molecule has 104 valence electrons. The van der Waals surface area contributed by atoms with E-state index in [1.165, 1.54) is 0 Å². The van der Waals surface area contributed by atoms with Crippen LogP contribution in [0, 0.1) is 12.8 Å². The SMILES string of the molecule is Cc1ccc(NC(=O)C2CCC(F)(F)CC2)cc1Cl. The topological polar surface area (TPSA) is 29.1 Å². The predicted molar refractivity (Wildman–Crippen MR) is 71.7 cm³/mol. The summed E-state index contributed by atoms with van der Waals surface area (Å²) in [6.45, 7) is 1.87. The summed E-state index contributed by atoms with van der Waals surface area (Å²) in [5.41, 5.74) is 1.54. The lowest BCUT2D eigenvalue weighted by atomic mass is 9.86. The molecule has 1 amide bonds. The summed E-state index contributed by atoms with van der Waals surface area (Å²) < 4.78 is 26.0. The Balaban J connectivity index is 1.96. The fourth-order valence-electron chi connectivity index (χ4n) is 2.22. The van der Waals surface area contributed by atoms with E-state index in [9.17, 15) is 13.6 Å². The van der Waals surface area contributed by atoms with E-state index in [-0.39, 0.29) is 37.5 Å². The number of rotatable bonds is 2. The van der Waals surface area contributed by atoms with Gasteiger partial charge in [0.2, 0.25) is 11.8 Å². The summed E-state index contributed by atoms with van der Waals surface area (Å²) in [6, 6.07) is 5.25. The average Bonchev–Trinajstić information content (AvgIpc) is 2.33. The number of benzene rings is 1. The molecule has 1 aromatic carbocycles. The zero-order valence-corrected chi connectivity index (χ0v) is 11.4. The highest BCUT2D eigenvalue weighted by Crippen LogP contribution is 2.36. The number of nitrogens with one attached hydrogen (secondary N) is 1. The minimum Gasteiger partial charge on any atom is -0.326 e. The molecule has 2 nitrogen and oxygen atoms in total. The molecule has 1 fully saturated rings. The Hall–Kier alpha value is -1.16. The molecule has 0 saturated heterocycles. The normalized spacial score (nSPS) is 19.2. The molecular weight excluding hydrogens is 272 g/mol. The lowest BCUT2D eigenvalue weighted by molar-refractivity contribution is -0.124. The molecule has 0 aliphatic heterocycles. The number of hydrogen-bond acceptors (Lipinski definition) is 1. The number of hydrogen-bond donors (Lipinski definition) is 1. The van der Waals surface area contributed by atoms with Gasteiger partial charge in [-0.05, 0) is 37.5 Å². The van der Waals surface area contributed by atoms with Gasteiger partial charge in [-0.2, -0.15) is 0 Å². The molecule has 0 radical (unpaired) electrons. The first-order valence-electron chi connectivity index (χ1n) is 6.32. The molecular formula is C14H16ClF2NO. The predicted octanol–water partition coefficient (Wildman–Crippen LogP) is 4.41. The van der Waals surface area contributed by atoms with Crippen molar-refractivity contribution in [1.82, 2.24) is 0 Å². The highest BCUT2D eigenvalue weighted by molar-refractivity contribution is 6.31. The van der Waals surface area contributed by atoms with Crippen LogP contribution < -0.4 is 5.32 Å². The quantitative estimate of drug-likeness (QED) is 0.857. The number of anilines is 1. The van der Waals surface area contributed by atoms with Crippen molar-refractivity contribution in [3.05, 3.63) is 28.8 Å². The Morgan fingerprint density at radius 2 is 2.00 bits per heavy atom. The van der Waals surface area contributed by atoms with Gasteiger partial charge in [0.05, 0.1) is 0 Å². The van der Waals surface area contributed by atoms with Crippen LogP contribution in [0.3, 0.4) is 0 Å². The van der Waals surface area contributed by atoms with E-state index in [0.29, 0.717) is 10.7 Å². The monoisotopic (exact) mass is 287 g/mol. The minimum absolute atomic E-state index is 0.199. The van der Waals surface area contributed by atoms with Crippen LogP contribution in [0.5, 0.6) is 0 Å². The largest absolute Gasteiger partial charge is 0.326 e. The molecule has 1 saturated carbocycles. The second-order valence-electron chi connectivity index (χ2n) is 5.08. The Bertz CT molecular complexity index is 480. The van der Waals surface area contributed by atoms with Gasteiger partial charge in [-0.1, -0.05) is 17.7 Å². The first kappa shape index (κ1) is 14.3. The molecule has 1 N–H and O–H groups in total. The molecule has 0 heterocycles. The highest BCUT2D eigenvalue weighted by atomic mass is 35.5. The summed E-state index contributed by atoms with van der Waals surface area (Å²) in [5.74, 6) is -3.14. The molecule has 1 aliphatic rings. The van der Waals surface area contributed by atoms with E-state index in [4.69, 9.17) is 11.6 Å². The smallest absolute Gasteiger partial charge is 0.248 e. The Morgan fingerprint density at radius 1 is 1.37 bits per heavy atom. The van der Waals surface area contributed by atoms with Crippen molar-refractivity contribution in [3.63, 3.8) is 0 Å². The lowest BCUT2D eigenvalue weighted by Crippen LogP contribution is -2.31. The van der Waals surface area contributed by atoms with E-state index >= 15 is 0 Å². The Morgan fingerprint density at radius 3 is 2.58 bits per heavy atom. The number of alkyl halides is 2. The number of carbonyl (C=O) groups is 1. The third kappa shape index (κ3) is 3.66. The van der Waals surface area contributed by atoms with E-state index in [1.807, 2.05) is 13.0 Å². The third-order valence-electron chi connectivity index (χ3n) is 3.53. The summed E-state index contributed by atoms with van der Waals surface area (Å²) in [6.07, 6.45) is 0.0519. The molecule has 0 bridgehead atoms. The van der Waals surface area contributed by atoms with Gasteiger partial charge in [0.25, 0.3) is 0 Å². The van der Waals surface area contributed by atoms with Gasteiger partial charge in [-0.25, -0.2) is 8.78 Å². The second-order valence-corrected chi connectivity index (χ2v) is 5.49. The molecule has 5 heteroatoms. The van der Waals surface area contributed by atoms with Crippen LogP contribution in [-0.4, -0.2) is 11.8 Å². The average molecular weight is 288 g/mol. The molecule has 0 aromatic heterocycles. The van der Waals surface area contributed by atoms with Crippen molar-refractivity contribution >= 4 is 23.2 Å². The molecule has 0 spiro atoms. The summed E-state index contributed by atoms with van der Waals surface area (Å²) in [7, 11) is 0. The van der Waals surface area contributed by atoms with Gasteiger partial charge >= 0.3 is 0 Å². The maximum Gasteiger partial charge on any atom is 0.248 e. The summed E-state index contributed by atoms with van der Waals surface area (Å²) in [5, 5.41) is 3.32. The maximum atomic E-state index is 13.0. The van der Waals surface area contributed by atoms with Gasteiger partial charge < -0.3 is 5.32 Å². The number of carbonyl (C=O) groups excluding carboxylic acids is 1. The van der Waals surface area contributed by atoms with Crippen LogP contribution in [0.1, 0.15) is 31.2 Å². The second kappa shape index (κ2) is 5.45. The molecule has 19 heavy (non-hydrogen) atoms. The van der Waals surface area contributed by atoms with Crippen LogP contribution >= 0.6 is 11.6 Å². The van der Waals surface area contributed by atoms with Crippen molar-refractivity contribution in [1.29, 1.82) is 0 Å². The van der Waals surface area contributed by atoms with Crippen molar-refractivity contribution < 1.29 is 13.6 Å². The van der Waals surface area contributed by atoms with Crippen LogP contribution in [0.15, 0.2) is 18.2 Å². The summed E-state index contributed by atoms with van der Waals surface area (Å²) in [4.78, 5) is 12.0. The van der Waals surface area contributed by atoms with Gasteiger partial charge in [0.1, 0.15) is 0 Å². The maximum absolute atomic E-state index is 13.0. The minimum atomic E-state index is -2.61. The highest BCUT2D eigenvalue weighted by Gasteiger charge is 2.37.